The Hall–Kier alpha value is -1.96. The van der Waals surface area contributed by atoms with Crippen LogP contribution in [0, 0.1) is 5.92 Å². The smallest absolute Gasteiger partial charge is 0.345 e. The first-order chi connectivity index (χ1) is 11.5. The number of hydrogen-bond acceptors (Lipinski definition) is 5. The minimum absolute atomic E-state index is 0.0277. The highest BCUT2D eigenvalue weighted by Gasteiger charge is 2.22. The molecule has 8 heteroatoms. The Morgan fingerprint density at radius 1 is 1.46 bits per heavy atom. The summed E-state index contributed by atoms with van der Waals surface area (Å²) in [5, 5.41) is 7.53. The minimum Gasteiger partial charge on any atom is -0.348 e. The van der Waals surface area contributed by atoms with Gasteiger partial charge in [-0.05, 0) is 42.8 Å². The van der Waals surface area contributed by atoms with Gasteiger partial charge in [-0.25, -0.2) is 13.8 Å². The number of carbonyl (C=O) groups excluding carboxylic acids is 1. The van der Waals surface area contributed by atoms with E-state index < -0.39 is 0 Å². The summed E-state index contributed by atoms with van der Waals surface area (Å²) in [4.78, 5) is 25.2. The molecular weight excluding hydrogens is 326 g/mol. The average Bonchev–Trinajstić information content (AvgIpc) is 3.12. The lowest BCUT2D eigenvalue weighted by atomic mass is 10.1. The van der Waals surface area contributed by atoms with E-state index in [1.165, 1.54) is 11.5 Å². The Labute approximate surface area is 144 Å². The van der Waals surface area contributed by atoms with E-state index in [4.69, 9.17) is 0 Å². The fourth-order valence-electron chi connectivity index (χ4n) is 2.89. The summed E-state index contributed by atoms with van der Waals surface area (Å²) in [6, 6.07) is 1.78. The van der Waals surface area contributed by atoms with Crippen molar-refractivity contribution in [2.75, 3.05) is 0 Å². The molecule has 0 aromatic carbocycles. The van der Waals surface area contributed by atoms with Crippen molar-refractivity contribution in [2.24, 2.45) is 5.92 Å². The number of carbonyl (C=O) groups is 1. The second kappa shape index (κ2) is 7.29. The number of nitrogens with one attached hydrogen (secondary N) is 1. The predicted octanol–water partition coefficient (Wildman–Crippen LogP) is 1.68. The number of fused-ring (bicyclic) bond motifs is 1. The van der Waals surface area contributed by atoms with Gasteiger partial charge in [0.1, 0.15) is 10.7 Å². The molecular formula is C16H23N5O2S. The zero-order chi connectivity index (χ0) is 17.1. The number of hydrogen-bond donors (Lipinski definition) is 1. The van der Waals surface area contributed by atoms with Crippen LogP contribution in [-0.4, -0.2) is 30.7 Å². The predicted molar refractivity (Wildman–Crippen MR) is 92.2 cm³/mol. The highest BCUT2D eigenvalue weighted by molar-refractivity contribution is 7.08. The van der Waals surface area contributed by atoms with E-state index in [0.29, 0.717) is 30.3 Å². The van der Waals surface area contributed by atoms with Crippen molar-refractivity contribution in [1.29, 1.82) is 0 Å². The van der Waals surface area contributed by atoms with Gasteiger partial charge in [0.05, 0.1) is 0 Å². The summed E-state index contributed by atoms with van der Waals surface area (Å²) in [5.41, 5.74) is -0.0277. The monoisotopic (exact) mass is 349 g/mol. The van der Waals surface area contributed by atoms with Gasteiger partial charge in [-0.15, -0.1) is 0 Å². The Morgan fingerprint density at radius 2 is 2.29 bits per heavy atom. The zero-order valence-corrected chi connectivity index (χ0v) is 14.9. The van der Waals surface area contributed by atoms with Crippen LogP contribution in [0.5, 0.6) is 0 Å². The van der Waals surface area contributed by atoms with Crippen LogP contribution in [-0.2, 0) is 19.5 Å². The van der Waals surface area contributed by atoms with Gasteiger partial charge < -0.3 is 5.32 Å². The maximum atomic E-state index is 12.5. The number of aromatic nitrogens is 4. The molecule has 1 aliphatic rings. The van der Waals surface area contributed by atoms with Crippen LogP contribution in [0.25, 0.3) is 0 Å². The number of rotatable bonds is 5. The molecule has 3 heterocycles. The minimum atomic E-state index is -0.0867. The lowest BCUT2D eigenvalue weighted by Crippen LogP contribution is -2.35. The van der Waals surface area contributed by atoms with Crippen molar-refractivity contribution in [3.05, 3.63) is 33.4 Å². The molecule has 1 N–H and O–H groups in total. The Morgan fingerprint density at radius 3 is 3.00 bits per heavy atom. The summed E-state index contributed by atoms with van der Waals surface area (Å²) in [6.07, 6.45) is 4.82. The first-order valence-corrected chi connectivity index (χ1v) is 9.20. The maximum Gasteiger partial charge on any atom is 0.345 e. The fraction of sp³-hybridized carbons (Fsp3) is 0.625. The summed E-state index contributed by atoms with van der Waals surface area (Å²) in [6.45, 7) is 5.55. The molecule has 0 spiro atoms. The van der Waals surface area contributed by atoms with E-state index in [1.54, 1.807) is 21.5 Å². The van der Waals surface area contributed by atoms with Gasteiger partial charge in [0.15, 0.2) is 0 Å². The molecule has 0 fully saturated rings. The lowest BCUT2D eigenvalue weighted by Gasteiger charge is -2.15. The second-order valence-electron chi connectivity index (χ2n) is 6.63. The molecule has 2 aromatic heterocycles. The SMILES string of the molecule is CC(C)CCn1nc2n(c1=O)CCC(NC(=O)c1ccns1)CC2. The molecule has 1 atom stereocenters. The van der Waals surface area contributed by atoms with Gasteiger partial charge >= 0.3 is 5.69 Å². The van der Waals surface area contributed by atoms with Gasteiger partial charge in [-0.1, -0.05) is 13.8 Å². The lowest BCUT2D eigenvalue weighted by molar-refractivity contribution is 0.0937. The molecule has 0 saturated carbocycles. The standard InChI is InChI=1S/C16H23N5O2S/c1-11(2)6-10-21-16(23)20-9-7-12(3-4-14(20)19-21)18-15(22)13-5-8-17-24-13/h5,8,11-12H,3-4,6-7,9-10H2,1-2H3,(H,18,22). The van der Waals surface area contributed by atoms with Crippen LogP contribution in [0.15, 0.2) is 17.1 Å². The summed E-state index contributed by atoms with van der Waals surface area (Å²) in [7, 11) is 0. The van der Waals surface area contributed by atoms with E-state index >= 15 is 0 Å². The van der Waals surface area contributed by atoms with Gasteiger partial charge in [-0.2, -0.15) is 5.10 Å². The van der Waals surface area contributed by atoms with Gasteiger partial charge in [-0.3, -0.25) is 9.36 Å². The van der Waals surface area contributed by atoms with Crippen LogP contribution in [0.3, 0.4) is 0 Å². The number of aryl methyl sites for hydroxylation is 2. The van der Waals surface area contributed by atoms with Crippen molar-refractivity contribution in [2.45, 2.75) is 58.7 Å². The van der Waals surface area contributed by atoms with Crippen LogP contribution < -0.4 is 11.0 Å². The molecule has 1 amide bonds. The van der Waals surface area contributed by atoms with Crippen LogP contribution in [0.1, 0.15) is 48.6 Å². The Kier molecular flexibility index (Phi) is 5.13. The Balaban J connectivity index is 1.63. The molecule has 3 rings (SSSR count). The first kappa shape index (κ1) is 16.9. The molecule has 2 aromatic rings. The largest absolute Gasteiger partial charge is 0.348 e. The van der Waals surface area contributed by atoms with E-state index in [9.17, 15) is 9.59 Å². The zero-order valence-electron chi connectivity index (χ0n) is 14.1. The van der Waals surface area contributed by atoms with E-state index in [-0.39, 0.29) is 17.6 Å². The highest BCUT2D eigenvalue weighted by Crippen LogP contribution is 2.14. The first-order valence-electron chi connectivity index (χ1n) is 8.42. The van der Waals surface area contributed by atoms with Gasteiger partial charge in [0.2, 0.25) is 0 Å². The summed E-state index contributed by atoms with van der Waals surface area (Å²) in [5.74, 6) is 1.29. The van der Waals surface area contributed by atoms with E-state index in [2.05, 4.69) is 28.6 Å². The average molecular weight is 349 g/mol. The molecule has 1 unspecified atom stereocenters. The van der Waals surface area contributed by atoms with E-state index in [0.717, 1.165) is 25.1 Å². The molecule has 0 bridgehead atoms. The van der Waals surface area contributed by atoms with Crippen LogP contribution in [0.4, 0.5) is 0 Å². The molecule has 130 valence electrons. The fourth-order valence-corrected chi connectivity index (χ4v) is 3.39. The van der Waals surface area contributed by atoms with Crippen molar-refractivity contribution in [1.82, 2.24) is 24.0 Å². The number of nitrogens with zero attached hydrogens (tertiary/aromatic N) is 4. The third-order valence-corrected chi connectivity index (χ3v) is 5.08. The van der Waals surface area contributed by atoms with Crippen molar-refractivity contribution in [3.63, 3.8) is 0 Å². The van der Waals surface area contributed by atoms with Crippen molar-refractivity contribution < 1.29 is 4.79 Å². The normalized spacial score (nSPS) is 17.5. The molecule has 0 saturated heterocycles. The quantitative estimate of drug-likeness (QED) is 0.890. The highest BCUT2D eigenvalue weighted by atomic mass is 32.1. The van der Waals surface area contributed by atoms with Gasteiger partial charge in [0.25, 0.3) is 5.91 Å². The molecule has 1 aliphatic heterocycles. The molecule has 24 heavy (non-hydrogen) atoms. The van der Waals surface area contributed by atoms with Gasteiger partial charge in [0, 0.05) is 31.7 Å². The van der Waals surface area contributed by atoms with Crippen LogP contribution >= 0.6 is 11.5 Å². The second-order valence-corrected chi connectivity index (χ2v) is 7.46. The van der Waals surface area contributed by atoms with Crippen molar-refractivity contribution in [3.8, 4) is 0 Å². The van der Waals surface area contributed by atoms with Crippen molar-refractivity contribution >= 4 is 17.4 Å². The number of amides is 1. The molecule has 0 aliphatic carbocycles. The Bertz CT molecular complexity index is 747. The summed E-state index contributed by atoms with van der Waals surface area (Å²) >= 11 is 1.19. The van der Waals surface area contributed by atoms with Crippen LogP contribution in [0.2, 0.25) is 0 Å². The maximum absolute atomic E-state index is 12.5. The molecule has 0 radical (unpaired) electrons. The topological polar surface area (TPSA) is 81.8 Å². The summed E-state index contributed by atoms with van der Waals surface area (Å²) < 4.78 is 7.30. The third kappa shape index (κ3) is 3.75. The van der Waals surface area contributed by atoms with E-state index in [1.807, 2.05) is 0 Å². The third-order valence-electron chi connectivity index (χ3n) is 4.33. The molecule has 7 nitrogen and oxygen atoms in total.